The van der Waals surface area contributed by atoms with Crippen LogP contribution in [0.5, 0.6) is 0 Å². The van der Waals surface area contributed by atoms with Crippen molar-refractivity contribution in [3.63, 3.8) is 0 Å². The van der Waals surface area contributed by atoms with Crippen molar-refractivity contribution in [1.82, 2.24) is 10.3 Å². The summed E-state index contributed by atoms with van der Waals surface area (Å²) in [6.45, 7) is 0. The van der Waals surface area contributed by atoms with E-state index in [1.54, 1.807) is 0 Å². The number of carbonyl (C=O) groups excluding carboxylic acids is 1. The number of nitriles is 1. The molecule has 1 heterocycles. The second-order valence-corrected chi connectivity index (χ2v) is 6.97. The number of hydrogen-bond acceptors (Lipinski definition) is 5. The number of oxazole rings is 1. The van der Waals surface area contributed by atoms with E-state index < -0.39 is 29.1 Å². The third-order valence-corrected chi connectivity index (χ3v) is 4.61. The summed E-state index contributed by atoms with van der Waals surface area (Å²) < 4.78 is 45.4. The van der Waals surface area contributed by atoms with E-state index in [9.17, 15) is 22.8 Å². The Bertz CT molecular complexity index is 1510. The first kappa shape index (κ1) is 22.3. The standard InChI is InChI=1S/C23H14F3N5O3/c24-23(25,26)16-6-1-2-7-17(16)29-21(31-20(32)14-5-3-4-13(10-14)12-27)28-15-8-9-18-19(11-15)34-22(33)30-18/h1-11H,(H,30,33)(H2,28,29,31,32). The van der Waals surface area contributed by atoms with Crippen LogP contribution >= 0.6 is 0 Å². The molecule has 4 rings (SSSR count). The van der Waals surface area contributed by atoms with Gasteiger partial charge in [0.2, 0.25) is 5.96 Å². The third-order valence-electron chi connectivity index (χ3n) is 4.61. The average Bonchev–Trinajstić information content (AvgIpc) is 3.18. The fraction of sp³-hybridized carbons (Fsp3) is 0.0435. The number of nitrogens with zero attached hydrogens (tertiary/aromatic N) is 2. The number of hydrogen-bond donors (Lipinski definition) is 3. The smallest absolute Gasteiger partial charge is 0.408 e. The van der Waals surface area contributed by atoms with Gasteiger partial charge in [-0.25, -0.2) is 9.79 Å². The van der Waals surface area contributed by atoms with E-state index in [1.807, 2.05) is 6.07 Å². The maximum absolute atomic E-state index is 13.5. The van der Waals surface area contributed by atoms with Gasteiger partial charge in [0, 0.05) is 17.3 Å². The number of guanidine groups is 1. The zero-order valence-electron chi connectivity index (χ0n) is 17.1. The quantitative estimate of drug-likeness (QED) is 0.303. The minimum atomic E-state index is -4.68. The van der Waals surface area contributed by atoms with E-state index in [-0.39, 0.29) is 28.4 Å². The second-order valence-electron chi connectivity index (χ2n) is 6.97. The van der Waals surface area contributed by atoms with Crippen LogP contribution in [0.1, 0.15) is 21.5 Å². The van der Waals surface area contributed by atoms with E-state index >= 15 is 0 Å². The number of halogens is 3. The molecule has 1 amide bonds. The Morgan fingerprint density at radius 3 is 2.62 bits per heavy atom. The Hall–Kier alpha value is -4.85. The monoisotopic (exact) mass is 465 g/mol. The van der Waals surface area contributed by atoms with Crippen LogP contribution in [0.25, 0.3) is 11.1 Å². The predicted molar refractivity (Wildman–Crippen MR) is 118 cm³/mol. The van der Waals surface area contributed by atoms with Gasteiger partial charge in [0.25, 0.3) is 5.91 Å². The molecule has 0 unspecified atom stereocenters. The SMILES string of the molecule is N#Cc1cccc(C(=O)NC(=Nc2ccccc2C(F)(F)F)Nc2ccc3[nH]c(=O)oc3c2)c1. The summed E-state index contributed by atoms with van der Waals surface area (Å²) in [7, 11) is 0. The summed E-state index contributed by atoms with van der Waals surface area (Å²) in [6.07, 6.45) is -4.68. The molecule has 0 aliphatic carbocycles. The largest absolute Gasteiger partial charge is 0.418 e. The van der Waals surface area contributed by atoms with Crippen molar-refractivity contribution < 1.29 is 22.4 Å². The Labute approximate surface area is 189 Å². The lowest BCUT2D eigenvalue weighted by molar-refractivity contribution is -0.137. The fourth-order valence-corrected chi connectivity index (χ4v) is 3.09. The molecule has 0 aliphatic rings. The van der Waals surface area contributed by atoms with Gasteiger partial charge in [-0.3, -0.25) is 15.1 Å². The van der Waals surface area contributed by atoms with Gasteiger partial charge in [-0.05, 0) is 42.5 Å². The molecule has 34 heavy (non-hydrogen) atoms. The molecule has 0 bridgehead atoms. The van der Waals surface area contributed by atoms with Gasteiger partial charge in [-0.2, -0.15) is 18.4 Å². The number of benzene rings is 3. The Morgan fingerprint density at radius 1 is 1.06 bits per heavy atom. The normalized spacial score (nSPS) is 11.8. The molecule has 0 saturated carbocycles. The first-order valence-electron chi connectivity index (χ1n) is 9.69. The molecule has 0 spiro atoms. The highest BCUT2D eigenvalue weighted by Crippen LogP contribution is 2.36. The second kappa shape index (κ2) is 8.95. The maximum Gasteiger partial charge on any atom is 0.418 e. The highest BCUT2D eigenvalue weighted by Gasteiger charge is 2.33. The van der Waals surface area contributed by atoms with E-state index in [1.165, 1.54) is 54.6 Å². The molecule has 0 radical (unpaired) electrons. The van der Waals surface area contributed by atoms with Crippen molar-refractivity contribution in [3.8, 4) is 6.07 Å². The topological polar surface area (TPSA) is 123 Å². The van der Waals surface area contributed by atoms with Gasteiger partial charge in [0.1, 0.15) is 0 Å². The number of fused-ring (bicyclic) bond motifs is 1. The van der Waals surface area contributed by atoms with Crippen LogP contribution in [0, 0.1) is 11.3 Å². The number of anilines is 1. The lowest BCUT2D eigenvalue weighted by Gasteiger charge is -2.14. The van der Waals surface area contributed by atoms with Crippen LogP contribution < -0.4 is 16.4 Å². The molecular weight excluding hydrogens is 451 g/mol. The van der Waals surface area contributed by atoms with E-state index in [4.69, 9.17) is 9.68 Å². The van der Waals surface area contributed by atoms with Gasteiger partial charge < -0.3 is 9.73 Å². The molecule has 0 saturated heterocycles. The number of carbonyl (C=O) groups is 1. The number of alkyl halides is 3. The molecule has 3 aromatic carbocycles. The van der Waals surface area contributed by atoms with Crippen molar-refractivity contribution in [1.29, 1.82) is 5.26 Å². The number of aromatic amines is 1. The van der Waals surface area contributed by atoms with Crippen LogP contribution in [-0.2, 0) is 6.18 Å². The van der Waals surface area contributed by atoms with Gasteiger partial charge in [0.05, 0.1) is 28.4 Å². The number of aliphatic imine (C=N–C) groups is 1. The molecule has 170 valence electrons. The summed E-state index contributed by atoms with van der Waals surface area (Å²) in [6, 6.07) is 16.8. The van der Waals surface area contributed by atoms with Crippen molar-refractivity contribution >= 4 is 34.3 Å². The van der Waals surface area contributed by atoms with Crippen LogP contribution in [0.15, 0.2) is 80.9 Å². The molecule has 8 nitrogen and oxygen atoms in total. The van der Waals surface area contributed by atoms with Crippen LogP contribution in [0.3, 0.4) is 0 Å². The summed E-state index contributed by atoms with van der Waals surface area (Å²) in [5.41, 5.74) is -0.212. The molecule has 4 aromatic rings. The molecule has 0 fully saturated rings. The summed E-state index contributed by atoms with van der Waals surface area (Å²) in [4.78, 5) is 30.6. The summed E-state index contributed by atoms with van der Waals surface area (Å²) in [5.74, 6) is -1.70. The number of H-pyrrole nitrogens is 1. The minimum Gasteiger partial charge on any atom is -0.408 e. The Morgan fingerprint density at radius 2 is 1.85 bits per heavy atom. The number of nitrogens with one attached hydrogen (secondary N) is 3. The van der Waals surface area contributed by atoms with E-state index in [2.05, 4.69) is 20.6 Å². The molecule has 11 heteroatoms. The zero-order chi connectivity index (χ0) is 24.3. The highest BCUT2D eigenvalue weighted by molar-refractivity contribution is 6.11. The minimum absolute atomic E-state index is 0.102. The van der Waals surface area contributed by atoms with Gasteiger partial charge in [-0.1, -0.05) is 18.2 Å². The van der Waals surface area contributed by atoms with Gasteiger partial charge in [-0.15, -0.1) is 0 Å². The van der Waals surface area contributed by atoms with Crippen LogP contribution in [0.4, 0.5) is 24.5 Å². The fourth-order valence-electron chi connectivity index (χ4n) is 3.09. The Kier molecular flexibility index (Phi) is 5.88. The molecule has 0 atom stereocenters. The van der Waals surface area contributed by atoms with Crippen molar-refractivity contribution in [2.75, 3.05) is 5.32 Å². The Balaban J connectivity index is 1.74. The first-order chi connectivity index (χ1) is 16.2. The average molecular weight is 465 g/mol. The van der Waals surface area contributed by atoms with Crippen LogP contribution in [0.2, 0.25) is 0 Å². The lowest BCUT2D eigenvalue weighted by atomic mass is 10.1. The third kappa shape index (κ3) is 4.97. The zero-order valence-corrected chi connectivity index (χ0v) is 17.1. The molecular formula is C23H14F3N5O3. The molecule has 3 N–H and O–H groups in total. The van der Waals surface area contributed by atoms with Gasteiger partial charge in [0.15, 0.2) is 5.58 Å². The van der Waals surface area contributed by atoms with Crippen molar-refractivity contribution in [2.45, 2.75) is 6.18 Å². The van der Waals surface area contributed by atoms with Crippen LogP contribution in [-0.4, -0.2) is 16.9 Å². The van der Waals surface area contributed by atoms with E-state index in [0.717, 1.165) is 12.1 Å². The first-order valence-corrected chi connectivity index (χ1v) is 9.69. The number of para-hydroxylation sites is 1. The van der Waals surface area contributed by atoms with Crippen molar-refractivity contribution in [3.05, 3.63) is 94.0 Å². The van der Waals surface area contributed by atoms with Crippen molar-refractivity contribution in [2.24, 2.45) is 4.99 Å². The number of amides is 1. The summed E-state index contributed by atoms with van der Waals surface area (Å²) >= 11 is 0. The molecule has 1 aromatic heterocycles. The highest BCUT2D eigenvalue weighted by atomic mass is 19.4. The maximum atomic E-state index is 13.5. The predicted octanol–water partition coefficient (Wildman–Crippen LogP) is 4.54. The summed E-state index contributed by atoms with van der Waals surface area (Å²) in [5, 5.41) is 14.2. The van der Waals surface area contributed by atoms with E-state index in [0.29, 0.717) is 5.52 Å². The molecule has 0 aliphatic heterocycles. The number of rotatable bonds is 3. The lowest BCUT2D eigenvalue weighted by Crippen LogP contribution is -2.36. The van der Waals surface area contributed by atoms with Gasteiger partial charge >= 0.3 is 11.9 Å². The number of aromatic nitrogens is 1.